The molecule has 0 saturated carbocycles. The minimum Gasteiger partial charge on any atom is -0.465 e. The molecule has 2 aromatic carbocycles. The molecular formula is C25H25ClN4O3. The van der Waals surface area contributed by atoms with E-state index < -0.39 is 6.09 Å². The van der Waals surface area contributed by atoms with E-state index in [0.717, 1.165) is 35.4 Å². The molecule has 0 spiro atoms. The number of carbonyl (C=O) groups is 2. The number of hydrogen-bond donors (Lipinski definition) is 2. The number of benzene rings is 2. The first-order chi connectivity index (χ1) is 15.9. The monoisotopic (exact) mass is 464 g/mol. The fourth-order valence-corrected chi connectivity index (χ4v) is 4.32. The lowest BCUT2D eigenvalue weighted by Crippen LogP contribution is -2.37. The van der Waals surface area contributed by atoms with Crippen molar-refractivity contribution in [2.75, 3.05) is 13.1 Å². The quantitative estimate of drug-likeness (QED) is 0.525. The van der Waals surface area contributed by atoms with Gasteiger partial charge in [0.25, 0.3) is 5.91 Å². The number of fused-ring (bicyclic) bond motifs is 1. The van der Waals surface area contributed by atoms with Crippen LogP contribution in [0.1, 0.15) is 46.4 Å². The predicted molar refractivity (Wildman–Crippen MR) is 126 cm³/mol. The summed E-state index contributed by atoms with van der Waals surface area (Å²) in [6, 6.07) is 14.7. The maximum absolute atomic E-state index is 13.3. The summed E-state index contributed by atoms with van der Waals surface area (Å²) in [6.45, 7) is 2.91. The molecule has 1 aliphatic carbocycles. The lowest BCUT2D eigenvalue weighted by atomic mass is 9.98. The minimum absolute atomic E-state index is 0.137. The molecule has 170 valence electrons. The first kappa shape index (κ1) is 22.7. The fourth-order valence-electron chi connectivity index (χ4n) is 4.19. The van der Waals surface area contributed by atoms with Gasteiger partial charge in [-0.3, -0.25) is 4.79 Å². The van der Waals surface area contributed by atoms with Gasteiger partial charge in [-0.05, 0) is 48.6 Å². The Balaban J connectivity index is 1.55. The zero-order valence-corrected chi connectivity index (χ0v) is 19.0. The second-order valence-corrected chi connectivity index (χ2v) is 8.62. The van der Waals surface area contributed by atoms with E-state index in [1.807, 2.05) is 24.3 Å². The van der Waals surface area contributed by atoms with Crippen LogP contribution in [0.2, 0.25) is 5.02 Å². The van der Waals surface area contributed by atoms with E-state index in [-0.39, 0.29) is 19.0 Å². The van der Waals surface area contributed by atoms with Crippen molar-refractivity contribution in [3.05, 3.63) is 82.3 Å². The Bertz CT molecular complexity index is 1150. The van der Waals surface area contributed by atoms with Gasteiger partial charge in [0, 0.05) is 47.0 Å². The summed E-state index contributed by atoms with van der Waals surface area (Å²) in [5.41, 5.74) is 5.61. The summed E-state index contributed by atoms with van der Waals surface area (Å²) < 4.78 is 0. The number of rotatable bonds is 7. The second kappa shape index (κ2) is 10.0. The van der Waals surface area contributed by atoms with Crippen LogP contribution >= 0.6 is 11.6 Å². The van der Waals surface area contributed by atoms with Crippen molar-refractivity contribution >= 4 is 23.6 Å². The van der Waals surface area contributed by atoms with Gasteiger partial charge in [-0.25, -0.2) is 14.8 Å². The van der Waals surface area contributed by atoms with Crippen molar-refractivity contribution in [2.24, 2.45) is 0 Å². The smallest absolute Gasteiger partial charge is 0.404 e. The SMILES string of the molecule is CC1CCc2ncnc(-c3ccc(C(=O)N(CCNC(=O)O)Cc4ccc(Cl)cc4)cc3)c21. The van der Waals surface area contributed by atoms with E-state index in [0.29, 0.717) is 23.0 Å². The molecule has 2 N–H and O–H groups in total. The van der Waals surface area contributed by atoms with Crippen molar-refractivity contribution in [3.63, 3.8) is 0 Å². The number of aromatic nitrogens is 2. The topological polar surface area (TPSA) is 95.4 Å². The van der Waals surface area contributed by atoms with Crippen LogP contribution in [0.3, 0.4) is 0 Å². The van der Waals surface area contributed by atoms with Gasteiger partial charge in [-0.15, -0.1) is 0 Å². The highest BCUT2D eigenvalue weighted by Crippen LogP contribution is 2.37. The fraction of sp³-hybridized carbons (Fsp3) is 0.280. The summed E-state index contributed by atoms with van der Waals surface area (Å²) in [7, 11) is 0. The zero-order chi connectivity index (χ0) is 23.4. The van der Waals surface area contributed by atoms with Gasteiger partial charge in [0.2, 0.25) is 0 Å². The largest absolute Gasteiger partial charge is 0.465 e. The first-order valence-corrected chi connectivity index (χ1v) is 11.2. The maximum atomic E-state index is 13.3. The molecule has 0 radical (unpaired) electrons. The summed E-state index contributed by atoms with van der Waals surface area (Å²) in [4.78, 5) is 34.7. The molecule has 0 aliphatic heterocycles. The van der Waals surface area contributed by atoms with E-state index in [1.54, 1.807) is 35.5 Å². The van der Waals surface area contributed by atoms with Crippen molar-refractivity contribution < 1.29 is 14.7 Å². The number of carbonyl (C=O) groups excluding carboxylic acids is 1. The van der Waals surface area contributed by atoms with Gasteiger partial charge in [0.1, 0.15) is 6.33 Å². The van der Waals surface area contributed by atoms with Crippen LogP contribution in [-0.4, -0.2) is 45.1 Å². The summed E-state index contributed by atoms with van der Waals surface area (Å²) in [6.07, 6.45) is 2.52. The summed E-state index contributed by atoms with van der Waals surface area (Å²) in [5.74, 6) is 0.235. The van der Waals surface area contributed by atoms with Crippen LogP contribution in [-0.2, 0) is 13.0 Å². The molecule has 1 aromatic heterocycles. The molecule has 1 unspecified atom stereocenters. The molecule has 0 fully saturated rings. The van der Waals surface area contributed by atoms with Crippen molar-refractivity contribution in [1.29, 1.82) is 0 Å². The molecule has 4 rings (SSSR count). The van der Waals surface area contributed by atoms with Crippen LogP contribution in [0.5, 0.6) is 0 Å². The molecule has 1 aliphatic rings. The maximum Gasteiger partial charge on any atom is 0.404 e. The van der Waals surface area contributed by atoms with Crippen LogP contribution in [0, 0.1) is 0 Å². The third-order valence-electron chi connectivity index (χ3n) is 5.91. The van der Waals surface area contributed by atoms with Crippen LogP contribution in [0.15, 0.2) is 54.9 Å². The average molecular weight is 465 g/mol. The molecule has 1 heterocycles. The highest BCUT2D eigenvalue weighted by molar-refractivity contribution is 6.30. The number of halogens is 1. The normalized spacial score (nSPS) is 14.5. The number of aryl methyl sites for hydroxylation is 1. The highest BCUT2D eigenvalue weighted by Gasteiger charge is 2.25. The molecule has 8 heteroatoms. The molecular weight excluding hydrogens is 440 g/mol. The number of amides is 2. The molecule has 0 bridgehead atoms. The zero-order valence-electron chi connectivity index (χ0n) is 18.3. The summed E-state index contributed by atoms with van der Waals surface area (Å²) >= 11 is 5.97. The van der Waals surface area contributed by atoms with Gasteiger partial charge in [-0.2, -0.15) is 0 Å². The lowest BCUT2D eigenvalue weighted by Gasteiger charge is -2.23. The second-order valence-electron chi connectivity index (χ2n) is 8.18. The molecule has 7 nitrogen and oxygen atoms in total. The van der Waals surface area contributed by atoms with Crippen LogP contribution < -0.4 is 5.32 Å². The van der Waals surface area contributed by atoms with Gasteiger partial charge >= 0.3 is 6.09 Å². The van der Waals surface area contributed by atoms with Crippen LogP contribution in [0.4, 0.5) is 4.79 Å². The standard InChI is InChI=1S/C25H25ClN4O3/c1-16-2-11-21-22(16)23(29-15-28-21)18-5-7-19(8-6-18)24(31)30(13-12-27-25(32)33)14-17-3-9-20(26)10-4-17/h3-10,15-16,27H,2,11-14H2,1H3,(H,32,33). The van der Waals surface area contributed by atoms with Gasteiger partial charge in [0.05, 0.1) is 5.69 Å². The number of hydrogen-bond acceptors (Lipinski definition) is 4. The Kier molecular flexibility index (Phi) is 6.89. The first-order valence-electron chi connectivity index (χ1n) is 10.9. The van der Waals surface area contributed by atoms with Crippen molar-refractivity contribution in [1.82, 2.24) is 20.2 Å². The van der Waals surface area contributed by atoms with Crippen molar-refractivity contribution in [2.45, 2.75) is 32.2 Å². The molecule has 2 amide bonds. The Morgan fingerprint density at radius 3 is 2.55 bits per heavy atom. The van der Waals surface area contributed by atoms with E-state index >= 15 is 0 Å². The number of nitrogens with zero attached hydrogens (tertiary/aromatic N) is 3. The molecule has 3 aromatic rings. The van der Waals surface area contributed by atoms with Gasteiger partial charge in [0.15, 0.2) is 0 Å². The average Bonchev–Trinajstić information content (AvgIpc) is 3.20. The Morgan fingerprint density at radius 2 is 1.85 bits per heavy atom. The van der Waals surface area contributed by atoms with E-state index in [1.165, 1.54) is 5.56 Å². The number of carboxylic acid groups (broad SMARTS) is 1. The van der Waals surface area contributed by atoms with Gasteiger partial charge < -0.3 is 15.3 Å². The van der Waals surface area contributed by atoms with E-state index in [2.05, 4.69) is 22.2 Å². The Hall–Kier alpha value is -3.45. The molecule has 0 saturated heterocycles. The Labute approximate surface area is 197 Å². The Morgan fingerprint density at radius 1 is 1.12 bits per heavy atom. The summed E-state index contributed by atoms with van der Waals surface area (Å²) in [5, 5.41) is 11.8. The van der Waals surface area contributed by atoms with Crippen LogP contribution in [0.25, 0.3) is 11.3 Å². The van der Waals surface area contributed by atoms with E-state index in [9.17, 15) is 9.59 Å². The number of nitrogens with one attached hydrogen (secondary N) is 1. The van der Waals surface area contributed by atoms with Crippen molar-refractivity contribution in [3.8, 4) is 11.3 Å². The third kappa shape index (κ3) is 5.31. The molecule has 1 atom stereocenters. The molecule has 33 heavy (non-hydrogen) atoms. The minimum atomic E-state index is -1.12. The van der Waals surface area contributed by atoms with Gasteiger partial charge in [-0.1, -0.05) is 42.8 Å². The third-order valence-corrected chi connectivity index (χ3v) is 6.16. The predicted octanol–water partition coefficient (Wildman–Crippen LogP) is 4.76. The lowest BCUT2D eigenvalue weighted by molar-refractivity contribution is 0.0743. The highest BCUT2D eigenvalue weighted by atomic mass is 35.5. The van der Waals surface area contributed by atoms with E-state index in [4.69, 9.17) is 16.7 Å².